The van der Waals surface area contributed by atoms with E-state index in [2.05, 4.69) is 10.3 Å². The van der Waals surface area contributed by atoms with E-state index in [0.29, 0.717) is 22.8 Å². The molecule has 1 aromatic heterocycles. The molecule has 0 saturated carbocycles. The number of carbonyl (C=O) groups is 1. The summed E-state index contributed by atoms with van der Waals surface area (Å²) in [5.41, 5.74) is 7.00. The Morgan fingerprint density at radius 1 is 1.29 bits per heavy atom. The highest BCUT2D eigenvalue weighted by Gasteiger charge is 2.06. The second-order valence-electron chi connectivity index (χ2n) is 4.38. The van der Waals surface area contributed by atoms with Crippen LogP contribution in [-0.4, -0.2) is 16.6 Å². The number of aromatic nitrogens is 1. The number of nitrogens with zero attached hydrogens (tertiary/aromatic N) is 1. The van der Waals surface area contributed by atoms with E-state index in [1.165, 1.54) is 0 Å². The number of anilines is 2. The number of amides is 1. The van der Waals surface area contributed by atoms with E-state index in [1.807, 2.05) is 18.2 Å². The standard InChI is InChI=1S/C15H16ClN3OS/c16-11-5-3-9-18-15(11)21-10-4-8-14(20)19-13-7-2-1-6-12(13)17/h1-3,5-7,9H,4,8,10,17H2,(H,19,20). The van der Waals surface area contributed by atoms with E-state index in [-0.39, 0.29) is 5.91 Å². The Kier molecular flexibility index (Phi) is 5.90. The predicted octanol–water partition coefficient (Wildman–Crippen LogP) is 3.83. The maximum atomic E-state index is 11.8. The van der Waals surface area contributed by atoms with Crippen LogP contribution < -0.4 is 11.1 Å². The summed E-state index contributed by atoms with van der Waals surface area (Å²) in [5, 5.41) is 4.25. The van der Waals surface area contributed by atoms with Gasteiger partial charge in [-0.1, -0.05) is 23.7 Å². The summed E-state index contributed by atoms with van der Waals surface area (Å²) in [6.45, 7) is 0. The van der Waals surface area contributed by atoms with Gasteiger partial charge in [0.1, 0.15) is 5.03 Å². The van der Waals surface area contributed by atoms with Crippen LogP contribution in [0.4, 0.5) is 11.4 Å². The molecule has 0 aliphatic rings. The zero-order chi connectivity index (χ0) is 15.1. The Balaban J connectivity index is 1.73. The number of thioether (sulfide) groups is 1. The lowest BCUT2D eigenvalue weighted by Crippen LogP contribution is -2.12. The molecule has 0 saturated heterocycles. The van der Waals surface area contributed by atoms with E-state index < -0.39 is 0 Å². The highest BCUT2D eigenvalue weighted by Crippen LogP contribution is 2.25. The van der Waals surface area contributed by atoms with Crippen LogP contribution in [0.3, 0.4) is 0 Å². The van der Waals surface area contributed by atoms with Crippen molar-refractivity contribution in [2.24, 2.45) is 0 Å². The number of para-hydroxylation sites is 2. The van der Waals surface area contributed by atoms with Crippen molar-refractivity contribution >= 4 is 40.6 Å². The van der Waals surface area contributed by atoms with Crippen molar-refractivity contribution in [3.8, 4) is 0 Å². The van der Waals surface area contributed by atoms with Crippen LogP contribution >= 0.6 is 23.4 Å². The fraction of sp³-hybridized carbons (Fsp3) is 0.200. The molecular formula is C15H16ClN3OS. The highest BCUT2D eigenvalue weighted by molar-refractivity contribution is 7.99. The van der Waals surface area contributed by atoms with Crippen LogP contribution in [0.5, 0.6) is 0 Å². The number of nitrogens with one attached hydrogen (secondary N) is 1. The number of hydrogen-bond acceptors (Lipinski definition) is 4. The number of carbonyl (C=O) groups excluding carboxylic acids is 1. The van der Waals surface area contributed by atoms with Crippen molar-refractivity contribution in [1.82, 2.24) is 4.98 Å². The molecule has 3 N–H and O–H groups in total. The molecule has 0 aliphatic heterocycles. The molecule has 0 spiro atoms. The van der Waals surface area contributed by atoms with Gasteiger partial charge in [0.05, 0.1) is 16.4 Å². The van der Waals surface area contributed by atoms with Crippen molar-refractivity contribution in [3.63, 3.8) is 0 Å². The van der Waals surface area contributed by atoms with Gasteiger partial charge in [0.25, 0.3) is 0 Å². The van der Waals surface area contributed by atoms with Gasteiger partial charge in [0, 0.05) is 18.4 Å². The lowest BCUT2D eigenvalue weighted by molar-refractivity contribution is -0.116. The summed E-state index contributed by atoms with van der Waals surface area (Å²) in [7, 11) is 0. The molecule has 4 nitrogen and oxygen atoms in total. The molecule has 2 rings (SSSR count). The first-order chi connectivity index (χ1) is 10.2. The van der Waals surface area contributed by atoms with Gasteiger partial charge in [-0.3, -0.25) is 4.79 Å². The van der Waals surface area contributed by atoms with E-state index >= 15 is 0 Å². The van der Waals surface area contributed by atoms with Gasteiger partial charge in [0.2, 0.25) is 5.91 Å². The fourth-order valence-electron chi connectivity index (χ4n) is 1.70. The third kappa shape index (κ3) is 4.95. The Morgan fingerprint density at radius 2 is 2.10 bits per heavy atom. The smallest absolute Gasteiger partial charge is 0.224 e. The van der Waals surface area contributed by atoms with E-state index in [0.717, 1.165) is 17.2 Å². The topological polar surface area (TPSA) is 68.0 Å². The van der Waals surface area contributed by atoms with Crippen molar-refractivity contribution in [1.29, 1.82) is 0 Å². The predicted molar refractivity (Wildman–Crippen MR) is 88.7 cm³/mol. The maximum Gasteiger partial charge on any atom is 0.224 e. The third-order valence-electron chi connectivity index (χ3n) is 2.75. The Bertz CT molecular complexity index is 621. The van der Waals surface area contributed by atoms with Gasteiger partial charge < -0.3 is 11.1 Å². The molecule has 2 aromatic rings. The van der Waals surface area contributed by atoms with Gasteiger partial charge in [-0.15, -0.1) is 11.8 Å². The van der Waals surface area contributed by atoms with Gasteiger partial charge in [-0.05, 0) is 30.7 Å². The van der Waals surface area contributed by atoms with Crippen LogP contribution in [0, 0.1) is 0 Å². The number of benzene rings is 1. The van der Waals surface area contributed by atoms with Crippen molar-refractivity contribution in [3.05, 3.63) is 47.6 Å². The second-order valence-corrected chi connectivity index (χ2v) is 5.87. The number of rotatable bonds is 6. The summed E-state index contributed by atoms with van der Waals surface area (Å²) in [6.07, 6.45) is 2.89. The van der Waals surface area contributed by atoms with Crippen LogP contribution in [0.1, 0.15) is 12.8 Å². The first-order valence-corrected chi connectivity index (χ1v) is 7.91. The average Bonchev–Trinajstić information content (AvgIpc) is 2.48. The maximum absolute atomic E-state index is 11.8. The van der Waals surface area contributed by atoms with E-state index in [4.69, 9.17) is 17.3 Å². The molecule has 0 atom stereocenters. The monoisotopic (exact) mass is 321 g/mol. The summed E-state index contributed by atoms with van der Waals surface area (Å²) in [6, 6.07) is 10.8. The zero-order valence-corrected chi connectivity index (χ0v) is 13.0. The first kappa shape index (κ1) is 15.7. The molecule has 1 aromatic carbocycles. The van der Waals surface area contributed by atoms with Crippen LogP contribution in [-0.2, 0) is 4.79 Å². The van der Waals surface area contributed by atoms with Crippen molar-refractivity contribution < 1.29 is 4.79 Å². The summed E-state index contributed by atoms with van der Waals surface area (Å²) in [5.74, 6) is 0.745. The Hall–Kier alpha value is -1.72. The fourth-order valence-corrected chi connectivity index (χ4v) is 2.81. The number of nitrogens with two attached hydrogens (primary N) is 1. The molecule has 21 heavy (non-hydrogen) atoms. The summed E-state index contributed by atoms with van der Waals surface area (Å²) < 4.78 is 0. The first-order valence-electron chi connectivity index (χ1n) is 6.54. The Labute approximate surface area is 133 Å². The molecule has 110 valence electrons. The molecule has 1 heterocycles. The molecule has 0 radical (unpaired) electrons. The summed E-state index contributed by atoms with van der Waals surface area (Å²) in [4.78, 5) is 16.0. The zero-order valence-electron chi connectivity index (χ0n) is 11.4. The van der Waals surface area contributed by atoms with Crippen LogP contribution in [0.15, 0.2) is 47.6 Å². The Morgan fingerprint density at radius 3 is 2.86 bits per heavy atom. The lowest BCUT2D eigenvalue weighted by Gasteiger charge is -2.07. The minimum absolute atomic E-state index is 0.0411. The van der Waals surface area contributed by atoms with Crippen molar-refractivity contribution in [2.45, 2.75) is 17.9 Å². The minimum atomic E-state index is -0.0411. The number of nitrogen functional groups attached to an aromatic ring is 1. The second kappa shape index (κ2) is 7.90. The van der Waals surface area contributed by atoms with Gasteiger partial charge in [0.15, 0.2) is 0 Å². The molecule has 0 unspecified atom stereocenters. The normalized spacial score (nSPS) is 10.3. The van der Waals surface area contributed by atoms with E-state index in [1.54, 1.807) is 36.2 Å². The van der Waals surface area contributed by atoms with Gasteiger partial charge in [-0.25, -0.2) is 4.98 Å². The third-order valence-corrected chi connectivity index (χ3v) is 4.26. The number of halogens is 1. The van der Waals surface area contributed by atoms with Crippen LogP contribution in [0.25, 0.3) is 0 Å². The van der Waals surface area contributed by atoms with Gasteiger partial charge in [-0.2, -0.15) is 0 Å². The molecule has 0 fully saturated rings. The molecular weight excluding hydrogens is 306 g/mol. The van der Waals surface area contributed by atoms with Gasteiger partial charge >= 0.3 is 0 Å². The lowest BCUT2D eigenvalue weighted by atomic mass is 10.2. The number of pyridine rings is 1. The highest BCUT2D eigenvalue weighted by atomic mass is 35.5. The minimum Gasteiger partial charge on any atom is -0.397 e. The largest absolute Gasteiger partial charge is 0.397 e. The SMILES string of the molecule is Nc1ccccc1NC(=O)CCCSc1ncccc1Cl. The molecule has 1 amide bonds. The van der Waals surface area contributed by atoms with E-state index in [9.17, 15) is 4.79 Å². The number of hydrogen-bond donors (Lipinski definition) is 2. The average molecular weight is 322 g/mol. The molecule has 0 bridgehead atoms. The van der Waals surface area contributed by atoms with Crippen molar-refractivity contribution in [2.75, 3.05) is 16.8 Å². The quantitative estimate of drug-likeness (QED) is 0.482. The summed E-state index contributed by atoms with van der Waals surface area (Å²) >= 11 is 7.56. The molecule has 0 aliphatic carbocycles. The van der Waals surface area contributed by atoms with Crippen LogP contribution in [0.2, 0.25) is 5.02 Å². The molecule has 6 heteroatoms.